The number of benzene rings is 2. The van der Waals surface area contributed by atoms with E-state index in [0.717, 1.165) is 11.1 Å². The molecule has 0 aliphatic carbocycles. The molecular formula is C24H27N3O6S. The molecule has 0 aliphatic rings. The molecule has 0 aliphatic heterocycles. The third-order valence-corrected chi connectivity index (χ3v) is 6.60. The van der Waals surface area contributed by atoms with Crippen LogP contribution in [0.3, 0.4) is 0 Å². The fraction of sp³-hybridized carbons (Fsp3) is 0.250. The molecule has 2 N–H and O–H groups in total. The quantitative estimate of drug-likeness (QED) is 0.453. The van der Waals surface area contributed by atoms with Crippen molar-refractivity contribution in [1.82, 2.24) is 15.0 Å². The van der Waals surface area contributed by atoms with Crippen molar-refractivity contribution in [2.45, 2.75) is 24.5 Å². The van der Waals surface area contributed by atoms with E-state index in [1.165, 1.54) is 32.4 Å². The zero-order valence-electron chi connectivity index (χ0n) is 19.4. The molecule has 2 aromatic carbocycles. The van der Waals surface area contributed by atoms with E-state index in [9.17, 15) is 13.2 Å². The zero-order chi connectivity index (χ0) is 24.7. The Bertz CT molecular complexity index is 1250. The van der Waals surface area contributed by atoms with Crippen LogP contribution < -0.4 is 24.2 Å². The van der Waals surface area contributed by atoms with Crippen LogP contribution in [-0.2, 0) is 16.6 Å². The van der Waals surface area contributed by atoms with Gasteiger partial charge in [0.05, 0.1) is 20.3 Å². The molecule has 180 valence electrons. The second-order valence-corrected chi connectivity index (χ2v) is 9.18. The monoisotopic (exact) mass is 485 g/mol. The van der Waals surface area contributed by atoms with Crippen LogP contribution in [0, 0.1) is 0 Å². The average Bonchev–Trinajstić information content (AvgIpc) is 2.87. The topological polar surface area (TPSA) is 116 Å². The van der Waals surface area contributed by atoms with Crippen molar-refractivity contribution in [2.24, 2.45) is 0 Å². The van der Waals surface area contributed by atoms with E-state index >= 15 is 0 Å². The summed E-state index contributed by atoms with van der Waals surface area (Å²) < 4.78 is 43.3. The van der Waals surface area contributed by atoms with Gasteiger partial charge in [0.2, 0.25) is 10.0 Å². The molecular weight excluding hydrogens is 458 g/mol. The Morgan fingerprint density at radius 3 is 2.29 bits per heavy atom. The number of nitrogens with zero attached hydrogens (tertiary/aromatic N) is 1. The minimum Gasteiger partial charge on any atom is -0.495 e. The predicted octanol–water partition coefficient (Wildman–Crippen LogP) is 3.08. The Labute approximate surface area is 199 Å². The Hall–Kier alpha value is -3.63. The molecule has 1 aromatic heterocycles. The van der Waals surface area contributed by atoms with Crippen molar-refractivity contribution >= 4 is 15.9 Å². The van der Waals surface area contributed by atoms with Gasteiger partial charge < -0.3 is 19.5 Å². The molecule has 0 spiro atoms. The van der Waals surface area contributed by atoms with Gasteiger partial charge in [0.25, 0.3) is 5.91 Å². The first kappa shape index (κ1) is 25.0. The summed E-state index contributed by atoms with van der Waals surface area (Å²) in [5.74, 6) is 0.809. The molecule has 1 amide bonds. The first-order valence-corrected chi connectivity index (χ1v) is 11.9. The van der Waals surface area contributed by atoms with Crippen LogP contribution in [0.5, 0.6) is 17.2 Å². The minimum absolute atomic E-state index is 0.116. The van der Waals surface area contributed by atoms with Crippen molar-refractivity contribution in [3.05, 3.63) is 77.6 Å². The highest BCUT2D eigenvalue weighted by atomic mass is 32.2. The molecule has 0 radical (unpaired) electrons. The fourth-order valence-electron chi connectivity index (χ4n) is 3.21. The third kappa shape index (κ3) is 5.83. The molecule has 9 nitrogen and oxygen atoms in total. The van der Waals surface area contributed by atoms with Gasteiger partial charge in [-0.15, -0.1) is 0 Å². The van der Waals surface area contributed by atoms with E-state index in [0.29, 0.717) is 18.1 Å². The Balaban J connectivity index is 1.75. The highest BCUT2D eigenvalue weighted by Gasteiger charge is 2.21. The van der Waals surface area contributed by atoms with E-state index in [-0.39, 0.29) is 22.3 Å². The number of hydrogen-bond acceptors (Lipinski definition) is 7. The number of hydrogen-bond donors (Lipinski definition) is 2. The van der Waals surface area contributed by atoms with E-state index in [4.69, 9.17) is 14.2 Å². The molecule has 3 rings (SSSR count). The molecule has 1 heterocycles. The van der Waals surface area contributed by atoms with Crippen LogP contribution in [0.15, 0.2) is 65.8 Å². The van der Waals surface area contributed by atoms with Crippen LogP contribution in [-0.4, -0.2) is 40.6 Å². The van der Waals surface area contributed by atoms with Gasteiger partial charge in [-0.05, 0) is 67.6 Å². The summed E-state index contributed by atoms with van der Waals surface area (Å²) in [6.45, 7) is 2.18. The number of carbonyl (C=O) groups is 1. The lowest BCUT2D eigenvalue weighted by atomic mass is 10.1. The van der Waals surface area contributed by atoms with Crippen molar-refractivity contribution < 1.29 is 27.4 Å². The Morgan fingerprint density at radius 2 is 1.65 bits per heavy atom. The standard InChI is InChI=1S/C24H27N3O6S/c1-16(27-24(28)19-6-8-21(31-3)23(14-19)34(29,30)25-2)18-5-7-20(22(13-18)32-4)33-15-17-9-11-26-12-10-17/h5-14,16,25H,15H2,1-4H3,(H,27,28). The number of pyridine rings is 1. The number of amides is 1. The first-order chi connectivity index (χ1) is 16.3. The van der Waals surface area contributed by atoms with Crippen molar-refractivity contribution in [3.63, 3.8) is 0 Å². The second-order valence-electron chi connectivity index (χ2n) is 7.32. The number of ether oxygens (including phenoxy) is 3. The molecule has 0 saturated carbocycles. The summed E-state index contributed by atoms with van der Waals surface area (Å²) in [5, 5.41) is 2.88. The normalized spacial score (nSPS) is 12.0. The van der Waals surface area contributed by atoms with E-state index < -0.39 is 15.9 Å². The highest BCUT2D eigenvalue weighted by molar-refractivity contribution is 7.89. The molecule has 0 saturated heterocycles. The molecule has 3 aromatic rings. The third-order valence-electron chi connectivity index (χ3n) is 5.16. The number of aromatic nitrogens is 1. The van der Waals surface area contributed by atoms with Crippen molar-refractivity contribution in [1.29, 1.82) is 0 Å². The summed E-state index contributed by atoms with van der Waals surface area (Å²) >= 11 is 0. The van der Waals surface area contributed by atoms with Crippen LogP contribution in [0.25, 0.3) is 0 Å². The number of rotatable bonds is 10. The number of methoxy groups -OCH3 is 2. The maximum absolute atomic E-state index is 12.8. The summed E-state index contributed by atoms with van der Waals surface area (Å²) in [6.07, 6.45) is 3.40. The number of nitrogens with one attached hydrogen (secondary N) is 2. The highest BCUT2D eigenvalue weighted by Crippen LogP contribution is 2.31. The lowest BCUT2D eigenvalue weighted by Gasteiger charge is -2.18. The second kappa shape index (κ2) is 11.0. The van der Waals surface area contributed by atoms with Gasteiger partial charge in [-0.3, -0.25) is 9.78 Å². The maximum atomic E-state index is 12.8. The first-order valence-electron chi connectivity index (χ1n) is 10.4. The molecule has 1 atom stereocenters. The Morgan fingerprint density at radius 1 is 0.971 bits per heavy atom. The number of sulfonamides is 1. The smallest absolute Gasteiger partial charge is 0.251 e. The van der Waals surface area contributed by atoms with E-state index in [2.05, 4.69) is 15.0 Å². The molecule has 34 heavy (non-hydrogen) atoms. The van der Waals surface area contributed by atoms with Crippen molar-refractivity contribution in [2.75, 3.05) is 21.3 Å². The van der Waals surface area contributed by atoms with Crippen molar-refractivity contribution in [3.8, 4) is 17.2 Å². The van der Waals surface area contributed by atoms with Crippen LogP contribution in [0.2, 0.25) is 0 Å². The van der Waals surface area contributed by atoms with Gasteiger partial charge in [-0.2, -0.15) is 0 Å². The Kier molecular flexibility index (Phi) is 8.08. The lowest BCUT2D eigenvalue weighted by molar-refractivity contribution is 0.0939. The minimum atomic E-state index is -3.81. The zero-order valence-corrected chi connectivity index (χ0v) is 20.2. The molecule has 0 fully saturated rings. The van der Waals surface area contributed by atoms with Crippen LogP contribution >= 0.6 is 0 Å². The SMILES string of the molecule is CNS(=O)(=O)c1cc(C(=O)NC(C)c2ccc(OCc3ccncc3)c(OC)c2)ccc1OC. The predicted molar refractivity (Wildman–Crippen MR) is 127 cm³/mol. The fourth-order valence-corrected chi connectivity index (χ4v) is 4.13. The van der Waals surface area contributed by atoms with Crippen LogP contribution in [0.1, 0.15) is 34.5 Å². The van der Waals surface area contributed by atoms with E-state index in [1.54, 1.807) is 31.6 Å². The summed E-state index contributed by atoms with van der Waals surface area (Å²) in [7, 11) is 0.396. The van der Waals surface area contributed by atoms with Gasteiger partial charge in [-0.1, -0.05) is 6.07 Å². The molecule has 10 heteroatoms. The molecule has 0 bridgehead atoms. The average molecular weight is 486 g/mol. The summed E-state index contributed by atoms with van der Waals surface area (Å²) in [5.41, 5.74) is 1.95. The molecule has 1 unspecified atom stereocenters. The van der Waals surface area contributed by atoms with Crippen LogP contribution in [0.4, 0.5) is 0 Å². The number of carbonyl (C=O) groups excluding carboxylic acids is 1. The summed E-state index contributed by atoms with van der Waals surface area (Å²) in [4.78, 5) is 16.7. The summed E-state index contributed by atoms with van der Waals surface area (Å²) in [6, 6.07) is 13.0. The maximum Gasteiger partial charge on any atom is 0.251 e. The van der Waals surface area contributed by atoms with E-state index in [1.807, 2.05) is 25.1 Å². The van der Waals surface area contributed by atoms with Gasteiger partial charge in [0.1, 0.15) is 17.3 Å². The largest absolute Gasteiger partial charge is 0.495 e. The van der Waals surface area contributed by atoms with Gasteiger partial charge in [0.15, 0.2) is 11.5 Å². The van der Waals surface area contributed by atoms with Gasteiger partial charge in [0, 0.05) is 18.0 Å². The van der Waals surface area contributed by atoms with Gasteiger partial charge in [-0.25, -0.2) is 13.1 Å². The van der Waals surface area contributed by atoms with Gasteiger partial charge >= 0.3 is 0 Å². The lowest BCUT2D eigenvalue weighted by Crippen LogP contribution is -2.27.